The second-order valence-electron chi connectivity index (χ2n) is 5.23. The summed E-state index contributed by atoms with van der Waals surface area (Å²) in [7, 11) is 1.86. The average Bonchev–Trinajstić information content (AvgIpc) is 2.81. The molecule has 2 aromatic rings. The number of carboxylic acid groups (broad SMARTS) is 1. The summed E-state index contributed by atoms with van der Waals surface area (Å²) in [6.07, 6.45) is 5.38. The Morgan fingerprint density at radius 1 is 1.40 bits per heavy atom. The van der Waals surface area contributed by atoms with Crippen molar-refractivity contribution in [3.63, 3.8) is 0 Å². The van der Waals surface area contributed by atoms with Gasteiger partial charge in [0.1, 0.15) is 12.1 Å². The minimum absolute atomic E-state index is 0.264. The summed E-state index contributed by atoms with van der Waals surface area (Å²) in [5.41, 5.74) is 0.822. The van der Waals surface area contributed by atoms with E-state index < -0.39 is 5.97 Å². The molecule has 0 amide bonds. The molecule has 0 radical (unpaired) electrons. The topological polar surface area (TPSA) is 84.1 Å². The molecule has 1 aliphatic rings. The van der Waals surface area contributed by atoms with Crippen molar-refractivity contribution in [3.05, 3.63) is 12.5 Å². The number of rotatable bonds is 3. The molecule has 0 unspecified atom stereocenters. The SMILES string of the molecule is Cn1ncc2c(N3CCC(CC(=O)O)CC3)ncnc21. The number of aryl methyl sites for hydroxylation is 1. The van der Waals surface area contributed by atoms with Crippen LogP contribution in [0.4, 0.5) is 5.82 Å². The fraction of sp³-hybridized carbons (Fsp3) is 0.538. The molecule has 1 aliphatic heterocycles. The maximum Gasteiger partial charge on any atom is 0.303 e. The van der Waals surface area contributed by atoms with Gasteiger partial charge in [-0.25, -0.2) is 9.97 Å². The summed E-state index contributed by atoms with van der Waals surface area (Å²) < 4.78 is 1.73. The third kappa shape index (κ3) is 2.31. The summed E-state index contributed by atoms with van der Waals surface area (Å²) in [4.78, 5) is 21.6. The lowest BCUT2D eigenvalue weighted by Gasteiger charge is -2.32. The van der Waals surface area contributed by atoms with Gasteiger partial charge in [-0.1, -0.05) is 0 Å². The molecule has 0 bridgehead atoms. The van der Waals surface area contributed by atoms with Crippen LogP contribution in [0.3, 0.4) is 0 Å². The van der Waals surface area contributed by atoms with Gasteiger partial charge in [0.15, 0.2) is 5.65 Å². The number of carboxylic acids is 1. The van der Waals surface area contributed by atoms with E-state index in [0.717, 1.165) is 42.8 Å². The standard InChI is InChI=1S/C13H17N5O2/c1-17-12-10(7-16-17)13(15-8-14-12)18-4-2-9(3-5-18)6-11(19)20/h7-9H,2-6H2,1H3,(H,19,20). The van der Waals surface area contributed by atoms with E-state index in [2.05, 4.69) is 20.0 Å². The predicted molar refractivity (Wildman–Crippen MR) is 73.5 cm³/mol. The van der Waals surface area contributed by atoms with Gasteiger partial charge in [-0.05, 0) is 18.8 Å². The van der Waals surface area contributed by atoms with E-state index in [-0.39, 0.29) is 12.3 Å². The highest BCUT2D eigenvalue weighted by atomic mass is 16.4. The lowest BCUT2D eigenvalue weighted by Crippen LogP contribution is -2.35. The fourth-order valence-electron chi connectivity index (χ4n) is 2.80. The summed E-state index contributed by atoms with van der Waals surface area (Å²) in [6, 6.07) is 0. The van der Waals surface area contributed by atoms with Gasteiger partial charge < -0.3 is 10.0 Å². The van der Waals surface area contributed by atoms with Crippen LogP contribution in [0, 0.1) is 5.92 Å². The van der Waals surface area contributed by atoms with Crippen LogP contribution in [0.2, 0.25) is 0 Å². The number of piperidine rings is 1. The van der Waals surface area contributed by atoms with Crippen molar-refractivity contribution >= 4 is 22.8 Å². The Labute approximate surface area is 116 Å². The van der Waals surface area contributed by atoms with Gasteiger partial charge in [0.2, 0.25) is 0 Å². The number of aliphatic carboxylic acids is 1. The van der Waals surface area contributed by atoms with Crippen LogP contribution in [-0.2, 0) is 11.8 Å². The highest BCUT2D eigenvalue weighted by Gasteiger charge is 2.23. The van der Waals surface area contributed by atoms with Crippen molar-refractivity contribution < 1.29 is 9.90 Å². The van der Waals surface area contributed by atoms with E-state index in [1.54, 1.807) is 17.2 Å². The molecule has 2 aromatic heterocycles. The Balaban J connectivity index is 1.78. The smallest absolute Gasteiger partial charge is 0.303 e. The quantitative estimate of drug-likeness (QED) is 0.901. The molecule has 0 atom stereocenters. The van der Waals surface area contributed by atoms with Crippen LogP contribution in [0.1, 0.15) is 19.3 Å². The lowest BCUT2D eigenvalue weighted by atomic mass is 9.93. The maximum absolute atomic E-state index is 10.8. The third-order valence-corrected chi connectivity index (χ3v) is 3.89. The Kier molecular flexibility index (Phi) is 3.25. The summed E-state index contributed by atoms with van der Waals surface area (Å²) >= 11 is 0. The van der Waals surface area contributed by atoms with Gasteiger partial charge in [-0.2, -0.15) is 5.10 Å². The summed E-state index contributed by atoms with van der Waals surface area (Å²) in [5, 5.41) is 14.0. The molecule has 0 spiro atoms. The molecule has 0 aliphatic carbocycles. The van der Waals surface area contributed by atoms with Crippen molar-refractivity contribution in [2.45, 2.75) is 19.3 Å². The Hall–Kier alpha value is -2.18. The van der Waals surface area contributed by atoms with Crippen LogP contribution in [0.5, 0.6) is 0 Å². The molecule has 7 nitrogen and oxygen atoms in total. The second-order valence-corrected chi connectivity index (χ2v) is 5.23. The van der Waals surface area contributed by atoms with Gasteiger partial charge in [-0.3, -0.25) is 9.48 Å². The van der Waals surface area contributed by atoms with Crippen LogP contribution < -0.4 is 4.90 Å². The zero-order valence-corrected chi connectivity index (χ0v) is 11.4. The van der Waals surface area contributed by atoms with Crippen molar-refractivity contribution in [3.8, 4) is 0 Å². The normalized spacial score (nSPS) is 16.8. The number of anilines is 1. The first-order chi connectivity index (χ1) is 9.65. The number of hydrogen-bond acceptors (Lipinski definition) is 5. The molecule has 1 N–H and O–H groups in total. The van der Waals surface area contributed by atoms with Gasteiger partial charge >= 0.3 is 5.97 Å². The Morgan fingerprint density at radius 3 is 2.85 bits per heavy atom. The van der Waals surface area contributed by atoms with Crippen LogP contribution in [-0.4, -0.2) is 43.9 Å². The van der Waals surface area contributed by atoms with Crippen LogP contribution in [0.25, 0.3) is 11.0 Å². The largest absolute Gasteiger partial charge is 0.481 e. The van der Waals surface area contributed by atoms with Crippen molar-refractivity contribution in [1.29, 1.82) is 0 Å². The van der Waals surface area contributed by atoms with Gasteiger partial charge in [0.05, 0.1) is 11.6 Å². The molecule has 0 saturated carbocycles. The fourth-order valence-corrected chi connectivity index (χ4v) is 2.80. The first-order valence-electron chi connectivity index (χ1n) is 6.74. The van der Waals surface area contributed by atoms with Crippen LogP contribution in [0.15, 0.2) is 12.5 Å². The average molecular weight is 275 g/mol. The molecule has 20 heavy (non-hydrogen) atoms. The van der Waals surface area contributed by atoms with Crippen LogP contribution >= 0.6 is 0 Å². The highest BCUT2D eigenvalue weighted by Crippen LogP contribution is 2.28. The van der Waals surface area contributed by atoms with Gasteiger partial charge in [-0.15, -0.1) is 0 Å². The van der Waals surface area contributed by atoms with E-state index in [1.165, 1.54) is 0 Å². The molecule has 1 fully saturated rings. The van der Waals surface area contributed by atoms with Crippen molar-refractivity contribution in [1.82, 2.24) is 19.7 Å². The molecule has 3 heterocycles. The summed E-state index contributed by atoms with van der Waals surface area (Å²) in [5.74, 6) is 0.465. The molecule has 0 aromatic carbocycles. The van der Waals surface area contributed by atoms with Gasteiger partial charge in [0.25, 0.3) is 0 Å². The molecule has 3 rings (SSSR count). The van der Waals surface area contributed by atoms with E-state index in [0.29, 0.717) is 0 Å². The minimum atomic E-state index is -0.708. The van der Waals surface area contributed by atoms with E-state index >= 15 is 0 Å². The van der Waals surface area contributed by atoms with Crippen molar-refractivity contribution in [2.24, 2.45) is 13.0 Å². The first-order valence-corrected chi connectivity index (χ1v) is 6.74. The summed E-state index contributed by atoms with van der Waals surface area (Å²) in [6.45, 7) is 1.66. The van der Waals surface area contributed by atoms with E-state index in [1.807, 2.05) is 7.05 Å². The molecular formula is C13H17N5O2. The zero-order chi connectivity index (χ0) is 14.1. The number of aromatic nitrogens is 4. The third-order valence-electron chi connectivity index (χ3n) is 3.89. The monoisotopic (exact) mass is 275 g/mol. The number of fused-ring (bicyclic) bond motifs is 1. The Morgan fingerprint density at radius 2 is 2.15 bits per heavy atom. The Bertz CT molecular complexity index is 631. The number of nitrogens with zero attached hydrogens (tertiary/aromatic N) is 5. The molecule has 106 valence electrons. The van der Waals surface area contributed by atoms with Crippen molar-refractivity contribution in [2.75, 3.05) is 18.0 Å². The molecule has 1 saturated heterocycles. The molecule has 7 heteroatoms. The second kappa shape index (κ2) is 5.07. The van der Waals surface area contributed by atoms with E-state index in [9.17, 15) is 4.79 Å². The molecular weight excluding hydrogens is 258 g/mol. The predicted octanol–water partition coefficient (Wildman–Crippen LogP) is 1.05. The lowest BCUT2D eigenvalue weighted by molar-refractivity contribution is -0.138. The maximum atomic E-state index is 10.8. The number of carbonyl (C=O) groups is 1. The minimum Gasteiger partial charge on any atom is -0.481 e. The number of hydrogen-bond donors (Lipinski definition) is 1. The zero-order valence-electron chi connectivity index (χ0n) is 11.4. The van der Waals surface area contributed by atoms with Gasteiger partial charge in [0, 0.05) is 26.6 Å². The van der Waals surface area contributed by atoms with E-state index in [4.69, 9.17) is 5.11 Å². The highest BCUT2D eigenvalue weighted by molar-refractivity contribution is 5.86. The first kappa shape index (κ1) is 12.8.